The van der Waals surface area contributed by atoms with E-state index in [1.807, 2.05) is 35.2 Å². The molecule has 1 saturated carbocycles. The number of amides is 1. The summed E-state index contributed by atoms with van der Waals surface area (Å²) in [5.41, 5.74) is 2.08. The number of hydrogen-bond acceptors (Lipinski definition) is 4. The van der Waals surface area contributed by atoms with Gasteiger partial charge in [-0.05, 0) is 55.5 Å². The zero-order valence-corrected chi connectivity index (χ0v) is 16.6. The van der Waals surface area contributed by atoms with E-state index < -0.39 is 6.36 Å². The minimum atomic E-state index is -4.75. The summed E-state index contributed by atoms with van der Waals surface area (Å²) in [5.74, 6) is -0.322. The molecular formula is C22H21F3N4O2. The van der Waals surface area contributed by atoms with Crippen molar-refractivity contribution in [2.75, 3.05) is 6.54 Å². The van der Waals surface area contributed by atoms with Crippen molar-refractivity contribution in [2.45, 2.75) is 38.1 Å². The number of hydrogen-bond donors (Lipinski definition) is 0. The maximum absolute atomic E-state index is 13.1. The Bertz CT molecular complexity index is 1020. The molecule has 0 atom stereocenters. The topological polar surface area (TPSA) is 60.2 Å². The van der Waals surface area contributed by atoms with Gasteiger partial charge in [-0.25, -0.2) is 4.79 Å². The number of benzene rings is 2. The molecule has 0 radical (unpaired) electrons. The smallest absolute Gasteiger partial charge is 0.406 e. The molecule has 9 heteroatoms. The Hall–Kier alpha value is -3.36. The predicted molar refractivity (Wildman–Crippen MR) is 107 cm³/mol. The minimum absolute atomic E-state index is 0.183. The van der Waals surface area contributed by atoms with Gasteiger partial charge in [0.2, 0.25) is 0 Å². The standard InChI is InChI=1S/C22H21F3N4O2/c23-22(24,25)31-19-11-9-17(10-12-19)20-15-29(27-26-20)21(30)28(18-7-4-8-18)14-13-16-5-2-1-3-6-16/h1-3,5-6,9-12,15,18H,4,7-8,13-14H2. The van der Waals surface area contributed by atoms with Crippen LogP contribution in [0.1, 0.15) is 24.8 Å². The van der Waals surface area contributed by atoms with Crippen LogP contribution < -0.4 is 4.74 Å². The van der Waals surface area contributed by atoms with E-state index in [0.717, 1.165) is 31.2 Å². The molecule has 0 N–H and O–H groups in total. The van der Waals surface area contributed by atoms with Crippen LogP contribution in [0.3, 0.4) is 0 Å². The first-order chi connectivity index (χ1) is 14.9. The lowest BCUT2D eigenvalue weighted by atomic mass is 9.91. The van der Waals surface area contributed by atoms with Crippen molar-refractivity contribution < 1.29 is 22.7 Å². The molecule has 0 spiro atoms. The highest BCUT2D eigenvalue weighted by molar-refractivity contribution is 5.77. The molecule has 3 aromatic rings. The van der Waals surface area contributed by atoms with Gasteiger partial charge >= 0.3 is 12.4 Å². The van der Waals surface area contributed by atoms with E-state index in [1.165, 1.54) is 35.1 Å². The Morgan fingerprint density at radius 2 is 1.81 bits per heavy atom. The van der Waals surface area contributed by atoms with E-state index in [4.69, 9.17) is 0 Å². The third-order valence-electron chi connectivity index (χ3n) is 5.32. The summed E-state index contributed by atoms with van der Waals surface area (Å²) in [5, 5.41) is 7.97. The van der Waals surface area contributed by atoms with Crippen molar-refractivity contribution in [1.82, 2.24) is 19.9 Å². The number of nitrogens with zero attached hydrogens (tertiary/aromatic N) is 4. The fourth-order valence-corrected chi connectivity index (χ4v) is 3.48. The summed E-state index contributed by atoms with van der Waals surface area (Å²) in [7, 11) is 0. The van der Waals surface area contributed by atoms with E-state index in [2.05, 4.69) is 15.0 Å². The first-order valence-electron chi connectivity index (χ1n) is 10.0. The number of halogens is 3. The third kappa shape index (κ3) is 5.22. The van der Waals surface area contributed by atoms with Gasteiger partial charge in [-0.15, -0.1) is 18.3 Å². The largest absolute Gasteiger partial charge is 0.573 e. The van der Waals surface area contributed by atoms with Crippen LogP contribution in [0.4, 0.5) is 18.0 Å². The number of rotatable bonds is 6. The second kappa shape index (κ2) is 8.79. The lowest BCUT2D eigenvalue weighted by molar-refractivity contribution is -0.274. The Kier molecular flexibility index (Phi) is 5.92. The van der Waals surface area contributed by atoms with E-state index in [-0.39, 0.29) is 17.8 Å². The van der Waals surface area contributed by atoms with Crippen molar-refractivity contribution in [1.29, 1.82) is 0 Å². The molecule has 1 aliphatic carbocycles. The molecule has 6 nitrogen and oxygen atoms in total. The van der Waals surface area contributed by atoms with E-state index in [9.17, 15) is 18.0 Å². The second-order valence-corrected chi connectivity index (χ2v) is 7.42. The summed E-state index contributed by atoms with van der Waals surface area (Å²) >= 11 is 0. The molecule has 1 aliphatic rings. The first kappa shape index (κ1) is 20.9. The summed E-state index contributed by atoms with van der Waals surface area (Å²) in [4.78, 5) is 14.9. The zero-order chi connectivity index (χ0) is 21.8. The van der Waals surface area contributed by atoms with Gasteiger partial charge in [0.15, 0.2) is 0 Å². The maximum atomic E-state index is 13.1. The van der Waals surface area contributed by atoms with Crippen molar-refractivity contribution >= 4 is 6.03 Å². The van der Waals surface area contributed by atoms with Gasteiger partial charge in [-0.3, -0.25) is 0 Å². The first-order valence-corrected chi connectivity index (χ1v) is 10.0. The van der Waals surface area contributed by atoms with Crippen LogP contribution in [0.15, 0.2) is 60.8 Å². The molecule has 1 fully saturated rings. The van der Waals surface area contributed by atoms with Gasteiger partial charge in [0.25, 0.3) is 0 Å². The normalized spacial score (nSPS) is 14.2. The van der Waals surface area contributed by atoms with Crippen molar-refractivity contribution in [3.05, 3.63) is 66.4 Å². The lowest BCUT2D eigenvalue weighted by Crippen LogP contribution is -2.47. The van der Waals surface area contributed by atoms with Crippen LogP contribution in [-0.4, -0.2) is 44.9 Å². The molecule has 1 heterocycles. The predicted octanol–water partition coefficient (Wildman–Crippen LogP) is 4.91. The molecular weight excluding hydrogens is 409 g/mol. The Morgan fingerprint density at radius 3 is 2.42 bits per heavy atom. The average Bonchev–Trinajstić information content (AvgIpc) is 3.19. The van der Waals surface area contributed by atoms with Gasteiger partial charge in [0, 0.05) is 18.2 Å². The lowest BCUT2D eigenvalue weighted by Gasteiger charge is -2.37. The van der Waals surface area contributed by atoms with E-state index >= 15 is 0 Å². The van der Waals surface area contributed by atoms with Crippen molar-refractivity contribution in [3.8, 4) is 17.0 Å². The summed E-state index contributed by atoms with van der Waals surface area (Å²) in [6, 6.07) is 15.2. The summed E-state index contributed by atoms with van der Waals surface area (Å²) in [6.07, 6.45) is 0.503. The highest BCUT2D eigenvalue weighted by Gasteiger charge is 2.31. The molecule has 31 heavy (non-hydrogen) atoms. The van der Waals surface area contributed by atoms with Gasteiger partial charge in [0.1, 0.15) is 11.4 Å². The molecule has 0 unspecified atom stereocenters. The minimum Gasteiger partial charge on any atom is -0.406 e. The SMILES string of the molecule is O=C(N(CCc1ccccc1)C1CCC1)n1cc(-c2ccc(OC(F)(F)F)cc2)nn1. The Balaban J connectivity index is 1.46. The van der Waals surface area contributed by atoms with Crippen LogP contribution in [0.25, 0.3) is 11.3 Å². The number of aromatic nitrogens is 3. The number of alkyl halides is 3. The third-order valence-corrected chi connectivity index (χ3v) is 5.32. The molecule has 1 amide bonds. The molecule has 0 bridgehead atoms. The fraction of sp³-hybridized carbons (Fsp3) is 0.318. The van der Waals surface area contributed by atoms with E-state index in [1.54, 1.807) is 0 Å². The quantitative estimate of drug-likeness (QED) is 0.558. The monoisotopic (exact) mass is 430 g/mol. The number of ether oxygens (including phenoxy) is 1. The van der Waals surface area contributed by atoms with E-state index in [0.29, 0.717) is 17.8 Å². The van der Waals surface area contributed by atoms with Crippen molar-refractivity contribution in [3.63, 3.8) is 0 Å². The summed E-state index contributed by atoms with van der Waals surface area (Å²) < 4.78 is 42.0. The molecule has 4 rings (SSSR count). The van der Waals surface area contributed by atoms with Crippen LogP contribution in [0.5, 0.6) is 5.75 Å². The molecule has 1 aromatic heterocycles. The molecule has 0 aliphatic heterocycles. The van der Waals surface area contributed by atoms with Gasteiger partial charge in [0.05, 0.1) is 6.20 Å². The second-order valence-electron chi connectivity index (χ2n) is 7.42. The number of carbonyl (C=O) groups is 1. The highest BCUT2D eigenvalue weighted by Crippen LogP contribution is 2.27. The van der Waals surface area contributed by atoms with Crippen LogP contribution in [0.2, 0.25) is 0 Å². The summed E-state index contributed by atoms with van der Waals surface area (Å²) in [6.45, 7) is 0.576. The van der Waals surface area contributed by atoms with Crippen molar-refractivity contribution in [2.24, 2.45) is 0 Å². The highest BCUT2D eigenvalue weighted by atomic mass is 19.4. The number of carbonyl (C=O) groups excluding carboxylic acids is 1. The Labute approximate surface area is 177 Å². The molecule has 2 aromatic carbocycles. The van der Waals surface area contributed by atoms with Crippen LogP contribution >= 0.6 is 0 Å². The molecule has 162 valence electrons. The van der Waals surface area contributed by atoms with Gasteiger partial charge in [-0.1, -0.05) is 35.5 Å². The van der Waals surface area contributed by atoms with Crippen LogP contribution in [-0.2, 0) is 6.42 Å². The average molecular weight is 430 g/mol. The molecule has 0 saturated heterocycles. The fourth-order valence-electron chi connectivity index (χ4n) is 3.48. The zero-order valence-electron chi connectivity index (χ0n) is 16.6. The van der Waals surface area contributed by atoms with Crippen LogP contribution in [0, 0.1) is 0 Å². The van der Waals surface area contributed by atoms with Gasteiger partial charge in [-0.2, -0.15) is 4.68 Å². The van der Waals surface area contributed by atoms with Gasteiger partial charge < -0.3 is 9.64 Å². The maximum Gasteiger partial charge on any atom is 0.573 e. The Morgan fingerprint density at radius 1 is 1.10 bits per heavy atom.